The molecule has 1 rings (SSSR count). The van der Waals surface area contributed by atoms with Crippen LogP contribution in [-0.4, -0.2) is 16.5 Å². The van der Waals surface area contributed by atoms with Gasteiger partial charge in [0, 0.05) is 18.7 Å². The van der Waals surface area contributed by atoms with Crippen molar-refractivity contribution in [3.05, 3.63) is 28.3 Å². The zero-order valence-corrected chi connectivity index (χ0v) is 7.36. The molecular weight excluding hydrogens is 170 g/mol. The molecule has 0 radical (unpaired) electrons. The fourth-order valence-electron chi connectivity index (χ4n) is 0.876. The summed E-state index contributed by atoms with van der Waals surface area (Å²) in [5, 5.41) is 13.3. The van der Waals surface area contributed by atoms with Crippen LogP contribution in [0.1, 0.15) is 13.3 Å². The lowest BCUT2D eigenvalue weighted by Crippen LogP contribution is -2.02. The van der Waals surface area contributed by atoms with Gasteiger partial charge >= 0.3 is 5.82 Å². The molecule has 0 spiro atoms. The fraction of sp³-hybridized carbons (Fsp3) is 0.375. The van der Waals surface area contributed by atoms with Gasteiger partial charge in [-0.1, -0.05) is 6.92 Å². The van der Waals surface area contributed by atoms with Gasteiger partial charge in [-0.15, -0.1) is 0 Å². The van der Waals surface area contributed by atoms with Crippen molar-refractivity contribution in [3.8, 4) is 0 Å². The lowest BCUT2D eigenvalue weighted by atomic mass is 10.4. The highest BCUT2D eigenvalue weighted by atomic mass is 16.6. The molecule has 0 fully saturated rings. The second-order valence-electron chi connectivity index (χ2n) is 2.56. The van der Waals surface area contributed by atoms with E-state index in [9.17, 15) is 10.1 Å². The van der Waals surface area contributed by atoms with E-state index in [0.29, 0.717) is 5.82 Å². The number of pyridine rings is 1. The molecule has 5 heteroatoms. The second kappa shape index (κ2) is 4.39. The SMILES string of the molecule is CCCNc1cccc([N+](=O)[O-])n1. The molecule has 0 saturated heterocycles. The number of nitrogens with zero attached hydrogens (tertiary/aromatic N) is 2. The van der Waals surface area contributed by atoms with Crippen molar-refractivity contribution < 1.29 is 4.92 Å². The topological polar surface area (TPSA) is 68.1 Å². The van der Waals surface area contributed by atoms with Crippen molar-refractivity contribution in [2.45, 2.75) is 13.3 Å². The van der Waals surface area contributed by atoms with Gasteiger partial charge in [-0.25, -0.2) is 0 Å². The molecule has 0 saturated carbocycles. The summed E-state index contributed by atoms with van der Waals surface area (Å²) in [6.45, 7) is 2.79. The summed E-state index contributed by atoms with van der Waals surface area (Å²) in [5.41, 5.74) is 0. The van der Waals surface area contributed by atoms with E-state index in [4.69, 9.17) is 0 Å². The highest BCUT2D eigenvalue weighted by Crippen LogP contribution is 2.10. The highest BCUT2D eigenvalue weighted by molar-refractivity contribution is 5.38. The highest BCUT2D eigenvalue weighted by Gasteiger charge is 2.07. The van der Waals surface area contributed by atoms with Crippen LogP contribution < -0.4 is 5.32 Å². The molecule has 1 heterocycles. The first kappa shape index (κ1) is 9.44. The zero-order valence-electron chi connectivity index (χ0n) is 7.36. The van der Waals surface area contributed by atoms with E-state index in [0.717, 1.165) is 13.0 Å². The number of hydrogen-bond donors (Lipinski definition) is 1. The molecule has 0 bridgehead atoms. The molecule has 70 valence electrons. The smallest absolute Gasteiger partial charge is 0.358 e. The van der Waals surface area contributed by atoms with Crippen molar-refractivity contribution in [2.75, 3.05) is 11.9 Å². The summed E-state index contributed by atoms with van der Waals surface area (Å²) in [4.78, 5) is 13.6. The molecule has 0 amide bonds. The average molecular weight is 181 g/mol. The Kier molecular flexibility index (Phi) is 3.19. The fourth-order valence-corrected chi connectivity index (χ4v) is 0.876. The van der Waals surface area contributed by atoms with E-state index in [-0.39, 0.29) is 5.82 Å². The van der Waals surface area contributed by atoms with E-state index < -0.39 is 4.92 Å². The van der Waals surface area contributed by atoms with Gasteiger partial charge in [0.2, 0.25) is 5.82 Å². The van der Waals surface area contributed by atoms with Crippen LogP contribution in [0.3, 0.4) is 0 Å². The largest absolute Gasteiger partial charge is 0.365 e. The Hall–Kier alpha value is -1.65. The molecule has 5 nitrogen and oxygen atoms in total. The quantitative estimate of drug-likeness (QED) is 0.568. The van der Waals surface area contributed by atoms with Crippen molar-refractivity contribution in [1.82, 2.24) is 4.98 Å². The summed E-state index contributed by atoms with van der Waals surface area (Å²) in [5.74, 6) is 0.428. The van der Waals surface area contributed by atoms with Gasteiger partial charge in [0.1, 0.15) is 0 Å². The third-order valence-corrected chi connectivity index (χ3v) is 1.48. The number of nitrogens with one attached hydrogen (secondary N) is 1. The van der Waals surface area contributed by atoms with E-state index in [1.54, 1.807) is 12.1 Å². The van der Waals surface area contributed by atoms with Crippen LogP contribution in [0.4, 0.5) is 11.6 Å². The van der Waals surface area contributed by atoms with E-state index in [2.05, 4.69) is 10.3 Å². The van der Waals surface area contributed by atoms with E-state index >= 15 is 0 Å². The molecule has 1 N–H and O–H groups in total. The van der Waals surface area contributed by atoms with Crippen molar-refractivity contribution >= 4 is 11.6 Å². The number of rotatable bonds is 4. The van der Waals surface area contributed by atoms with Gasteiger partial charge in [-0.3, -0.25) is 0 Å². The molecule has 1 aromatic rings. The zero-order chi connectivity index (χ0) is 9.68. The van der Waals surface area contributed by atoms with Crippen LogP contribution in [-0.2, 0) is 0 Å². The van der Waals surface area contributed by atoms with E-state index in [1.165, 1.54) is 6.07 Å². The Morgan fingerprint density at radius 1 is 1.62 bits per heavy atom. The molecular formula is C8H11N3O2. The Bertz CT molecular complexity index is 301. The lowest BCUT2D eigenvalue weighted by Gasteiger charge is -1.98. The summed E-state index contributed by atoms with van der Waals surface area (Å²) >= 11 is 0. The first-order valence-corrected chi connectivity index (χ1v) is 4.09. The number of nitro groups is 1. The van der Waals surface area contributed by atoms with Crippen molar-refractivity contribution in [2.24, 2.45) is 0 Å². The first-order chi connectivity index (χ1) is 6.24. The van der Waals surface area contributed by atoms with Gasteiger partial charge in [0.05, 0.1) is 0 Å². The van der Waals surface area contributed by atoms with Gasteiger partial charge in [0.25, 0.3) is 0 Å². The third kappa shape index (κ3) is 2.70. The third-order valence-electron chi connectivity index (χ3n) is 1.48. The van der Waals surface area contributed by atoms with Crippen LogP contribution in [0.25, 0.3) is 0 Å². The number of hydrogen-bond acceptors (Lipinski definition) is 4. The molecule has 1 aromatic heterocycles. The molecule has 0 aliphatic heterocycles. The standard InChI is InChI=1S/C8H11N3O2/c1-2-6-9-7-4-3-5-8(10-7)11(12)13/h3-5H,2,6H2,1H3,(H,9,10). The maximum atomic E-state index is 10.3. The molecule has 0 aromatic carbocycles. The van der Waals surface area contributed by atoms with Gasteiger partial charge in [-0.2, -0.15) is 0 Å². The predicted molar refractivity (Wildman–Crippen MR) is 49.7 cm³/mol. The first-order valence-electron chi connectivity index (χ1n) is 4.09. The Balaban J connectivity index is 2.73. The van der Waals surface area contributed by atoms with Crippen molar-refractivity contribution in [1.29, 1.82) is 0 Å². The lowest BCUT2D eigenvalue weighted by molar-refractivity contribution is -0.389. The van der Waals surface area contributed by atoms with Gasteiger partial charge < -0.3 is 15.4 Å². The van der Waals surface area contributed by atoms with Crippen molar-refractivity contribution in [3.63, 3.8) is 0 Å². The molecule has 13 heavy (non-hydrogen) atoms. The van der Waals surface area contributed by atoms with Crippen LogP contribution in [0.2, 0.25) is 0 Å². The maximum absolute atomic E-state index is 10.3. The average Bonchev–Trinajstić information content (AvgIpc) is 2.15. The molecule has 0 aliphatic carbocycles. The Labute approximate surface area is 75.9 Å². The van der Waals surface area contributed by atoms with Crippen LogP contribution in [0.5, 0.6) is 0 Å². The summed E-state index contributed by atoms with van der Waals surface area (Å²) < 4.78 is 0. The van der Waals surface area contributed by atoms with Crippen LogP contribution >= 0.6 is 0 Å². The minimum Gasteiger partial charge on any atom is -0.358 e. The van der Waals surface area contributed by atoms with Crippen LogP contribution in [0.15, 0.2) is 18.2 Å². The predicted octanol–water partition coefficient (Wildman–Crippen LogP) is 1.81. The maximum Gasteiger partial charge on any atom is 0.365 e. The molecule has 0 unspecified atom stereocenters. The monoisotopic (exact) mass is 181 g/mol. The summed E-state index contributed by atoms with van der Waals surface area (Å²) in [6, 6.07) is 4.70. The van der Waals surface area contributed by atoms with Gasteiger partial charge in [0.15, 0.2) is 0 Å². The molecule has 0 atom stereocenters. The number of anilines is 1. The Morgan fingerprint density at radius 3 is 3.00 bits per heavy atom. The van der Waals surface area contributed by atoms with Crippen LogP contribution in [0, 0.1) is 10.1 Å². The summed E-state index contributed by atoms with van der Waals surface area (Å²) in [6.07, 6.45) is 0.963. The molecule has 0 aliphatic rings. The minimum atomic E-state index is -0.503. The van der Waals surface area contributed by atoms with E-state index in [1.807, 2.05) is 6.92 Å². The Morgan fingerprint density at radius 2 is 2.38 bits per heavy atom. The normalized spacial score (nSPS) is 9.62. The van der Waals surface area contributed by atoms with Gasteiger partial charge in [-0.05, 0) is 22.4 Å². The summed E-state index contributed by atoms with van der Waals surface area (Å²) in [7, 11) is 0. The second-order valence-corrected chi connectivity index (χ2v) is 2.56. The number of aromatic nitrogens is 1. The minimum absolute atomic E-state index is 0.124.